The van der Waals surface area contributed by atoms with Gasteiger partial charge in [-0.05, 0) is 56.2 Å². The van der Waals surface area contributed by atoms with E-state index in [0.717, 1.165) is 56.9 Å². The van der Waals surface area contributed by atoms with Crippen LogP contribution in [0.3, 0.4) is 0 Å². The summed E-state index contributed by atoms with van der Waals surface area (Å²) >= 11 is 1.85. The maximum Gasteiger partial charge on any atom is 0.317 e. The summed E-state index contributed by atoms with van der Waals surface area (Å²) in [6.45, 7) is 8.41. The Morgan fingerprint density at radius 1 is 1.04 bits per heavy atom. The van der Waals surface area contributed by atoms with E-state index in [2.05, 4.69) is 39.4 Å². The zero-order chi connectivity index (χ0) is 18.5. The Balaban J connectivity index is 1.12. The largest absolute Gasteiger partial charge is 0.338 e. The minimum Gasteiger partial charge on any atom is -0.338 e. The number of benzene rings is 1. The molecule has 2 amide bonds. The lowest BCUT2D eigenvalue weighted by atomic mass is 9.83. The standard InChI is InChI=1S/C21H32N4OS/c26-21(22-9-4-16-27-19-5-2-1-3-6-19)25-14-12-24(13-15-25)20-17-23-10-7-18(20)8-11-23/h1-3,5-6,18,20H,4,7-17H2,(H,22,26). The van der Waals surface area contributed by atoms with Gasteiger partial charge in [-0.2, -0.15) is 0 Å². The summed E-state index contributed by atoms with van der Waals surface area (Å²) in [4.78, 5) is 21.0. The Morgan fingerprint density at radius 2 is 1.78 bits per heavy atom. The zero-order valence-electron chi connectivity index (χ0n) is 16.2. The van der Waals surface area contributed by atoms with E-state index >= 15 is 0 Å². The average molecular weight is 389 g/mol. The van der Waals surface area contributed by atoms with Crippen molar-refractivity contribution in [2.45, 2.75) is 30.2 Å². The molecule has 4 saturated heterocycles. The Kier molecular flexibility index (Phi) is 6.58. The van der Waals surface area contributed by atoms with Crippen molar-refractivity contribution in [3.05, 3.63) is 30.3 Å². The molecule has 0 aromatic heterocycles. The van der Waals surface area contributed by atoms with E-state index in [1.807, 2.05) is 22.7 Å². The van der Waals surface area contributed by atoms with Crippen LogP contribution in [0.5, 0.6) is 0 Å². The van der Waals surface area contributed by atoms with Crippen LogP contribution in [0.4, 0.5) is 4.79 Å². The van der Waals surface area contributed by atoms with E-state index in [1.54, 1.807) is 0 Å². The van der Waals surface area contributed by atoms with Crippen LogP contribution in [0.1, 0.15) is 19.3 Å². The van der Waals surface area contributed by atoms with Crippen LogP contribution in [0, 0.1) is 5.92 Å². The molecule has 0 aliphatic carbocycles. The molecule has 2 bridgehead atoms. The van der Waals surface area contributed by atoms with Gasteiger partial charge in [-0.1, -0.05) is 18.2 Å². The molecule has 5 nitrogen and oxygen atoms in total. The molecule has 5 rings (SSSR count). The number of thioether (sulfide) groups is 1. The first kappa shape index (κ1) is 19.1. The van der Waals surface area contributed by atoms with Gasteiger partial charge in [0, 0.05) is 50.2 Å². The number of urea groups is 1. The van der Waals surface area contributed by atoms with Gasteiger partial charge in [-0.3, -0.25) is 4.90 Å². The van der Waals surface area contributed by atoms with Gasteiger partial charge in [0.05, 0.1) is 0 Å². The summed E-state index contributed by atoms with van der Waals surface area (Å²) in [5.41, 5.74) is 0. The molecule has 4 aliphatic rings. The monoisotopic (exact) mass is 388 g/mol. The molecule has 1 aromatic carbocycles. The normalized spacial score (nSPS) is 28.3. The van der Waals surface area contributed by atoms with E-state index in [0.29, 0.717) is 0 Å². The van der Waals surface area contributed by atoms with Crippen LogP contribution in [0.2, 0.25) is 0 Å². The molecule has 0 saturated carbocycles. The lowest BCUT2D eigenvalue weighted by molar-refractivity contribution is -0.0103. The van der Waals surface area contributed by atoms with Gasteiger partial charge in [0.25, 0.3) is 0 Å². The predicted molar refractivity (Wildman–Crippen MR) is 111 cm³/mol. The molecule has 0 radical (unpaired) electrons. The Labute approximate surface area is 167 Å². The average Bonchev–Trinajstić information content (AvgIpc) is 2.75. The van der Waals surface area contributed by atoms with Crippen molar-refractivity contribution in [1.29, 1.82) is 0 Å². The van der Waals surface area contributed by atoms with Gasteiger partial charge < -0.3 is 15.1 Å². The fourth-order valence-electron chi connectivity index (χ4n) is 4.69. The highest BCUT2D eigenvalue weighted by molar-refractivity contribution is 7.99. The van der Waals surface area contributed by atoms with Crippen LogP contribution < -0.4 is 5.32 Å². The zero-order valence-corrected chi connectivity index (χ0v) is 17.0. The van der Waals surface area contributed by atoms with Crippen LogP contribution in [0.15, 0.2) is 35.2 Å². The Morgan fingerprint density at radius 3 is 2.44 bits per heavy atom. The first-order valence-electron chi connectivity index (χ1n) is 10.5. The number of hydrogen-bond donors (Lipinski definition) is 1. The van der Waals surface area contributed by atoms with Gasteiger partial charge in [-0.15, -0.1) is 11.8 Å². The van der Waals surface area contributed by atoms with Crippen LogP contribution in [0.25, 0.3) is 0 Å². The summed E-state index contributed by atoms with van der Waals surface area (Å²) in [6.07, 6.45) is 3.74. The topological polar surface area (TPSA) is 38.8 Å². The number of nitrogens with one attached hydrogen (secondary N) is 1. The van der Waals surface area contributed by atoms with Gasteiger partial charge >= 0.3 is 6.03 Å². The van der Waals surface area contributed by atoms with E-state index in [-0.39, 0.29) is 6.03 Å². The van der Waals surface area contributed by atoms with E-state index in [4.69, 9.17) is 0 Å². The lowest BCUT2D eigenvalue weighted by Gasteiger charge is -2.50. The number of rotatable bonds is 6. The number of hydrogen-bond acceptors (Lipinski definition) is 4. The molecule has 27 heavy (non-hydrogen) atoms. The smallest absolute Gasteiger partial charge is 0.317 e. The maximum atomic E-state index is 12.4. The van der Waals surface area contributed by atoms with Gasteiger partial charge in [0.15, 0.2) is 0 Å². The Hall–Kier alpha value is -1.24. The third-order valence-corrected chi connectivity index (χ3v) is 7.40. The summed E-state index contributed by atoms with van der Waals surface area (Å²) in [7, 11) is 0. The second-order valence-corrected chi connectivity index (χ2v) is 9.14. The van der Waals surface area contributed by atoms with Crippen LogP contribution in [-0.4, -0.2) is 84.9 Å². The molecular formula is C21H32N4OS. The highest BCUT2D eigenvalue weighted by atomic mass is 32.2. The Bertz CT molecular complexity index is 597. The molecule has 1 unspecified atom stereocenters. The van der Waals surface area contributed by atoms with Crippen LogP contribution in [-0.2, 0) is 0 Å². The van der Waals surface area contributed by atoms with Gasteiger partial charge in [0.2, 0.25) is 0 Å². The second-order valence-electron chi connectivity index (χ2n) is 7.98. The summed E-state index contributed by atoms with van der Waals surface area (Å²) in [5, 5.41) is 3.11. The summed E-state index contributed by atoms with van der Waals surface area (Å²) in [6, 6.07) is 11.3. The first-order valence-corrected chi connectivity index (χ1v) is 11.5. The molecule has 6 heteroatoms. The van der Waals surface area contributed by atoms with E-state index in [1.165, 1.54) is 37.4 Å². The SMILES string of the molecule is O=C(NCCCSc1ccccc1)N1CCN(C2CN3CCC2CC3)CC1. The quantitative estimate of drug-likeness (QED) is 0.601. The van der Waals surface area contributed by atoms with E-state index < -0.39 is 0 Å². The number of piperidine rings is 3. The molecular weight excluding hydrogens is 356 g/mol. The highest BCUT2D eigenvalue weighted by Gasteiger charge is 2.38. The van der Waals surface area contributed by atoms with Crippen molar-refractivity contribution < 1.29 is 4.79 Å². The van der Waals surface area contributed by atoms with Crippen molar-refractivity contribution in [3.63, 3.8) is 0 Å². The van der Waals surface area contributed by atoms with Crippen LogP contribution >= 0.6 is 11.8 Å². The molecule has 1 aromatic rings. The minimum atomic E-state index is 0.119. The van der Waals surface area contributed by atoms with Gasteiger partial charge in [0.1, 0.15) is 0 Å². The second kappa shape index (κ2) is 9.30. The fraction of sp³-hybridized carbons (Fsp3) is 0.667. The number of fused-ring (bicyclic) bond motifs is 3. The van der Waals surface area contributed by atoms with Crippen molar-refractivity contribution in [3.8, 4) is 0 Å². The molecule has 1 N–H and O–H groups in total. The van der Waals surface area contributed by atoms with Crippen molar-refractivity contribution in [2.75, 3.05) is 58.1 Å². The van der Waals surface area contributed by atoms with Gasteiger partial charge in [-0.25, -0.2) is 4.79 Å². The molecule has 4 aliphatic heterocycles. The molecule has 4 fully saturated rings. The third-order valence-electron chi connectivity index (χ3n) is 6.30. The third kappa shape index (κ3) is 4.98. The fourth-order valence-corrected chi connectivity index (χ4v) is 5.56. The summed E-state index contributed by atoms with van der Waals surface area (Å²) in [5.74, 6) is 1.93. The summed E-state index contributed by atoms with van der Waals surface area (Å²) < 4.78 is 0. The van der Waals surface area contributed by atoms with E-state index in [9.17, 15) is 4.79 Å². The number of carbonyl (C=O) groups is 1. The maximum absolute atomic E-state index is 12.4. The number of piperazine rings is 1. The van der Waals surface area contributed by atoms with Crippen molar-refractivity contribution in [2.24, 2.45) is 5.92 Å². The molecule has 0 spiro atoms. The van der Waals surface area contributed by atoms with Crippen molar-refractivity contribution >= 4 is 17.8 Å². The molecule has 148 valence electrons. The lowest BCUT2D eigenvalue weighted by Crippen LogP contribution is -2.62. The van der Waals surface area contributed by atoms with Crippen molar-refractivity contribution in [1.82, 2.24) is 20.0 Å². The number of amides is 2. The number of nitrogens with zero attached hydrogens (tertiary/aromatic N) is 3. The minimum absolute atomic E-state index is 0.119. The molecule has 1 atom stereocenters. The predicted octanol–water partition coefficient (Wildman–Crippen LogP) is 2.59. The highest BCUT2D eigenvalue weighted by Crippen LogP contribution is 2.31. The number of carbonyl (C=O) groups excluding carboxylic acids is 1. The molecule has 4 heterocycles. The first-order chi connectivity index (χ1) is 13.3.